The first-order valence-electron chi connectivity index (χ1n) is 10.5. The van der Waals surface area contributed by atoms with Gasteiger partial charge in [-0.1, -0.05) is 43.2 Å². The zero-order valence-corrected chi connectivity index (χ0v) is 19.2. The average Bonchev–Trinajstić information content (AvgIpc) is 2.64. The molecule has 30 heavy (non-hydrogen) atoms. The van der Waals surface area contributed by atoms with E-state index >= 15 is 0 Å². The largest absolute Gasteiger partial charge is 0.294 e. The Balaban J connectivity index is 1.91. The lowest BCUT2D eigenvalue weighted by molar-refractivity contribution is -0.115. The molecule has 0 fully saturated rings. The van der Waals surface area contributed by atoms with Gasteiger partial charge in [0.15, 0.2) is 17.3 Å². The summed E-state index contributed by atoms with van der Waals surface area (Å²) in [6.45, 7) is 9.96. The standard InChI is InChI=1S/C26H29ClO3/c1-15-10-16(2)19(25(30)11-15)6-7-23(28)21-13-18(27)12-20(17(21)3)22-14-26(4,5)9-8-24(22)29/h10,12-14H,6-9,11H2,1-5H3. The van der Waals surface area contributed by atoms with Crippen LogP contribution < -0.4 is 0 Å². The molecule has 0 bridgehead atoms. The van der Waals surface area contributed by atoms with E-state index < -0.39 is 0 Å². The van der Waals surface area contributed by atoms with Gasteiger partial charge in [-0.3, -0.25) is 14.4 Å². The maximum atomic E-state index is 13.1. The number of Topliss-reactive ketones (excluding diaryl/α,β-unsaturated/α-hetero) is 3. The summed E-state index contributed by atoms with van der Waals surface area (Å²) in [5, 5.41) is 0.443. The number of allylic oxidation sites excluding steroid dienone is 6. The van der Waals surface area contributed by atoms with Crippen LogP contribution in [0.1, 0.15) is 81.3 Å². The molecule has 3 nitrogen and oxygen atoms in total. The van der Waals surface area contributed by atoms with E-state index in [1.165, 1.54) is 0 Å². The molecule has 4 heteroatoms. The Bertz CT molecular complexity index is 1030. The van der Waals surface area contributed by atoms with E-state index in [-0.39, 0.29) is 29.2 Å². The molecular formula is C26H29ClO3. The number of carbonyl (C=O) groups is 3. The lowest BCUT2D eigenvalue weighted by Gasteiger charge is -2.27. The second-order valence-electron chi connectivity index (χ2n) is 9.27. The van der Waals surface area contributed by atoms with Gasteiger partial charge in [0, 0.05) is 35.4 Å². The molecule has 1 aromatic carbocycles. The summed E-state index contributed by atoms with van der Waals surface area (Å²) in [5.74, 6) is 0.136. The van der Waals surface area contributed by atoms with E-state index in [0.29, 0.717) is 35.4 Å². The highest BCUT2D eigenvalue weighted by atomic mass is 35.5. The van der Waals surface area contributed by atoms with Gasteiger partial charge in [-0.15, -0.1) is 0 Å². The van der Waals surface area contributed by atoms with Crippen molar-refractivity contribution in [1.82, 2.24) is 0 Å². The third-order valence-electron chi connectivity index (χ3n) is 6.11. The van der Waals surface area contributed by atoms with Gasteiger partial charge in [-0.2, -0.15) is 0 Å². The normalized spacial score (nSPS) is 19.0. The van der Waals surface area contributed by atoms with Crippen LogP contribution >= 0.6 is 11.6 Å². The Labute approximate surface area is 183 Å². The van der Waals surface area contributed by atoms with Crippen molar-refractivity contribution in [3.05, 3.63) is 62.7 Å². The van der Waals surface area contributed by atoms with Crippen molar-refractivity contribution in [2.75, 3.05) is 0 Å². The molecule has 158 valence electrons. The Kier molecular flexibility index (Phi) is 6.33. The summed E-state index contributed by atoms with van der Waals surface area (Å²) in [4.78, 5) is 38.0. The van der Waals surface area contributed by atoms with E-state index in [1.54, 1.807) is 12.1 Å². The van der Waals surface area contributed by atoms with Crippen LogP contribution in [0.4, 0.5) is 0 Å². The molecule has 2 aliphatic carbocycles. The Hall–Kier alpha value is -2.26. The van der Waals surface area contributed by atoms with E-state index in [9.17, 15) is 14.4 Å². The monoisotopic (exact) mass is 424 g/mol. The third-order valence-corrected chi connectivity index (χ3v) is 6.33. The molecule has 0 aromatic heterocycles. The van der Waals surface area contributed by atoms with Crippen LogP contribution in [-0.4, -0.2) is 17.3 Å². The summed E-state index contributed by atoms with van der Waals surface area (Å²) >= 11 is 6.35. The summed E-state index contributed by atoms with van der Waals surface area (Å²) in [6.07, 6.45) is 6.43. The van der Waals surface area contributed by atoms with E-state index in [1.807, 2.05) is 32.9 Å². The zero-order chi connectivity index (χ0) is 22.2. The minimum Gasteiger partial charge on any atom is -0.294 e. The van der Waals surface area contributed by atoms with Crippen molar-refractivity contribution in [2.45, 2.75) is 66.7 Å². The number of carbonyl (C=O) groups excluding carboxylic acids is 3. The smallest absolute Gasteiger partial charge is 0.163 e. The highest BCUT2D eigenvalue weighted by molar-refractivity contribution is 6.32. The van der Waals surface area contributed by atoms with E-state index in [4.69, 9.17) is 11.6 Å². The minimum absolute atomic E-state index is 0.0567. The molecule has 0 heterocycles. The van der Waals surface area contributed by atoms with Crippen LogP contribution in [0, 0.1) is 12.3 Å². The van der Waals surface area contributed by atoms with Crippen LogP contribution in [0.5, 0.6) is 0 Å². The summed E-state index contributed by atoms with van der Waals surface area (Å²) in [7, 11) is 0. The van der Waals surface area contributed by atoms with E-state index in [0.717, 1.165) is 34.3 Å². The molecule has 1 aromatic rings. The predicted octanol–water partition coefficient (Wildman–Crippen LogP) is 6.62. The molecule has 0 saturated carbocycles. The van der Waals surface area contributed by atoms with Crippen molar-refractivity contribution in [1.29, 1.82) is 0 Å². The predicted molar refractivity (Wildman–Crippen MR) is 122 cm³/mol. The molecule has 0 amide bonds. The van der Waals surface area contributed by atoms with Crippen LogP contribution in [0.15, 0.2) is 41.0 Å². The molecule has 3 rings (SSSR count). The van der Waals surface area contributed by atoms with Crippen LogP contribution in [0.25, 0.3) is 5.57 Å². The minimum atomic E-state index is -0.0703. The Morgan fingerprint density at radius 1 is 1.10 bits per heavy atom. The molecule has 0 N–H and O–H groups in total. The lowest BCUT2D eigenvalue weighted by atomic mass is 9.76. The summed E-state index contributed by atoms with van der Waals surface area (Å²) in [5.41, 5.74) is 5.37. The second-order valence-corrected chi connectivity index (χ2v) is 9.71. The molecule has 0 aliphatic heterocycles. The SMILES string of the molecule is CC1=CC(C)=C(CCC(=O)c2cc(Cl)cc(C3=CC(C)(C)CCC3=O)c2C)C(=O)C1. The van der Waals surface area contributed by atoms with Gasteiger partial charge in [-0.05, 0) is 73.4 Å². The van der Waals surface area contributed by atoms with Gasteiger partial charge >= 0.3 is 0 Å². The number of rotatable bonds is 5. The Morgan fingerprint density at radius 2 is 1.80 bits per heavy atom. The number of hydrogen-bond acceptors (Lipinski definition) is 3. The average molecular weight is 425 g/mol. The van der Waals surface area contributed by atoms with Crippen molar-refractivity contribution >= 4 is 34.5 Å². The number of benzene rings is 1. The van der Waals surface area contributed by atoms with Gasteiger partial charge in [0.1, 0.15) is 0 Å². The van der Waals surface area contributed by atoms with Gasteiger partial charge < -0.3 is 0 Å². The highest BCUT2D eigenvalue weighted by Gasteiger charge is 2.28. The van der Waals surface area contributed by atoms with Gasteiger partial charge in [-0.25, -0.2) is 0 Å². The van der Waals surface area contributed by atoms with E-state index in [2.05, 4.69) is 13.8 Å². The fraction of sp³-hybridized carbons (Fsp3) is 0.423. The molecule has 0 radical (unpaired) electrons. The summed E-state index contributed by atoms with van der Waals surface area (Å²) < 4.78 is 0. The Morgan fingerprint density at radius 3 is 2.47 bits per heavy atom. The third kappa shape index (κ3) is 4.73. The zero-order valence-electron chi connectivity index (χ0n) is 18.4. The number of halogens is 1. The second kappa shape index (κ2) is 8.47. The van der Waals surface area contributed by atoms with Crippen molar-refractivity contribution in [2.24, 2.45) is 5.41 Å². The fourth-order valence-electron chi connectivity index (χ4n) is 4.39. The van der Waals surface area contributed by atoms with Crippen LogP contribution in [0.3, 0.4) is 0 Å². The maximum Gasteiger partial charge on any atom is 0.163 e. The quantitative estimate of drug-likeness (QED) is 0.499. The lowest BCUT2D eigenvalue weighted by Crippen LogP contribution is -2.20. The molecule has 2 aliphatic rings. The molecule has 0 unspecified atom stereocenters. The first-order valence-corrected chi connectivity index (χ1v) is 10.9. The highest BCUT2D eigenvalue weighted by Crippen LogP contribution is 2.38. The topological polar surface area (TPSA) is 51.2 Å². The van der Waals surface area contributed by atoms with Gasteiger partial charge in [0.2, 0.25) is 0 Å². The maximum absolute atomic E-state index is 13.1. The van der Waals surface area contributed by atoms with Crippen molar-refractivity contribution < 1.29 is 14.4 Å². The molecule has 0 atom stereocenters. The van der Waals surface area contributed by atoms with Crippen molar-refractivity contribution in [3.63, 3.8) is 0 Å². The first kappa shape index (κ1) is 22.4. The number of hydrogen-bond donors (Lipinski definition) is 0. The van der Waals surface area contributed by atoms with Crippen LogP contribution in [-0.2, 0) is 9.59 Å². The van der Waals surface area contributed by atoms with Crippen LogP contribution in [0.2, 0.25) is 5.02 Å². The van der Waals surface area contributed by atoms with Gasteiger partial charge in [0.25, 0.3) is 0 Å². The molecule has 0 spiro atoms. The van der Waals surface area contributed by atoms with Crippen molar-refractivity contribution in [3.8, 4) is 0 Å². The summed E-state index contributed by atoms with van der Waals surface area (Å²) in [6, 6.07) is 3.46. The number of ketones is 3. The first-order chi connectivity index (χ1) is 14.0. The fourth-order valence-corrected chi connectivity index (χ4v) is 4.61. The van der Waals surface area contributed by atoms with Gasteiger partial charge in [0.05, 0.1) is 0 Å². The molecule has 0 saturated heterocycles. The molecular weight excluding hydrogens is 396 g/mol.